The van der Waals surface area contributed by atoms with E-state index in [1.54, 1.807) is 16.6 Å². The summed E-state index contributed by atoms with van der Waals surface area (Å²) in [5.74, 6) is 2.23. The first kappa shape index (κ1) is 17.2. The molecule has 1 aliphatic heterocycles. The summed E-state index contributed by atoms with van der Waals surface area (Å²) in [7, 11) is 0. The van der Waals surface area contributed by atoms with E-state index < -0.39 is 5.91 Å². The zero-order valence-corrected chi connectivity index (χ0v) is 15.1. The summed E-state index contributed by atoms with van der Waals surface area (Å²) < 4.78 is 7.61. The Labute approximate surface area is 156 Å². The third-order valence-electron chi connectivity index (χ3n) is 4.81. The Hall–Kier alpha value is -3.23. The van der Waals surface area contributed by atoms with Gasteiger partial charge in [0.1, 0.15) is 17.3 Å². The summed E-state index contributed by atoms with van der Waals surface area (Å²) in [4.78, 5) is 17.4. The van der Waals surface area contributed by atoms with Crippen LogP contribution in [-0.4, -0.2) is 50.4 Å². The molecular weight excluding hydrogens is 346 g/mol. The van der Waals surface area contributed by atoms with Crippen molar-refractivity contribution < 1.29 is 9.53 Å². The van der Waals surface area contributed by atoms with Gasteiger partial charge in [-0.1, -0.05) is 0 Å². The number of pyridine rings is 1. The molecule has 0 atom stereocenters. The van der Waals surface area contributed by atoms with Crippen molar-refractivity contribution in [3.05, 3.63) is 42.0 Å². The average molecular weight is 367 g/mol. The minimum atomic E-state index is -0.554. The van der Waals surface area contributed by atoms with Gasteiger partial charge in [-0.2, -0.15) is 4.52 Å². The Morgan fingerprint density at radius 3 is 2.85 bits per heavy atom. The van der Waals surface area contributed by atoms with Crippen molar-refractivity contribution in [3.8, 4) is 5.75 Å². The van der Waals surface area contributed by atoms with Gasteiger partial charge in [0.2, 0.25) is 0 Å². The molecule has 0 saturated carbocycles. The van der Waals surface area contributed by atoms with Crippen molar-refractivity contribution in [3.63, 3.8) is 0 Å². The Kier molecular flexibility index (Phi) is 4.57. The number of amides is 1. The molecule has 1 amide bonds. The predicted octanol–water partition coefficient (Wildman–Crippen LogP) is 1.22. The van der Waals surface area contributed by atoms with Gasteiger partial charge in [0.15, 0.2) is 11.5 Å². The molecule has 9 nitrogen and oxygen atoms in total. The summed E-state index contributed by atoms with van der Waals surface area (Å²) in [5.41, 5.74) is 6.22. The molecular formula is C18H21N7O2. The number of rotatable bonds is 5. The lowest BCUT2D eigenvalue weighted by Gasteiger charge is -2.32. The van der Waals surface area contributed by atoms with E-state index in [1.165, 1.54) is 6.20 Å². The second-order valence-corrected chi connectivity index (χ2v) is 6.69. The number of carbonyl (C=O) groups is 1. The van der Waals surface area contributed by atoms with Crippen molar-refractivity contribution in [2.75, 3.05) is 24.6 Å². The van der Waals surface area contributed by atoms with E-state index >= 15 is 0 Å². The van der Waals surface area contributed by atoms with Gasteiger partial charge in [-0.25, -0.2) is 0 Å². The Bertz CT molecular complexity index is 963. The zero-order valence-electron chi connectivity index (χ0n) is 15.1. The highest BCUT2D eigenvalue weighted by atomic mass is 16.5. The van der Waals surface area contributed by atoms with E-state index in [0.29, 0.717) is 18.3 Å². The standard InChI is InChI=1S/C18H21N7O2/c1-12-21-22-16-2-3-17(23-25(12)16)24-8-5-13(6-9-24)11-27-14-4-7-20-15(10-14)18(19)26/h2-4,7,10,13H,5-6,8-9,11H2,1H3,(H2,19,26). The van der Waals surface area contributed by atoms with Crippen molar-refractivity contribution in [1.82, 2.24) is 24.8 Å². The number of piperidine rings is 1. The first-order valence-electron chi connectivity index (χ1n) is 8.93. The molecule has 3 aromatic heterocycles. The topological polar surface area (TPSA) is 112 Å². The van der Waals surface area contributed by atoms with E-state index in [1.807, 2.05) is 19.1 Å². The van der Waals surface area contributed by atoms with E-state index in [0.717, 1.165) is 43.2 Å². The van der Waals surface area contributed by atoms with Gasteiger partial charge < -0.3 is 15.4 Å². The molecule has 0 bridgehead atoms. The number of hydrogen-bond acceptors (Lipinski definition) is 7. The molecule has 140 valence electrons. The highest BCUT2D eigenvalue weighted by molar-refractivity contribution is 5.91. The van der Waals surface area contributed by atoms with E-state index in [4.69, 9.17) is 10.5 Å². The first-order chi connectivity index (χ1) is 13.1. The quantitative estimate of drug-likeness (QED) is 0.721. The summed E-state index contributed by atoms with van der Waals surface area (Å²) in [6.07, 6.45) is 3.55. The number of ether oxygens (including phenoxy) is 1. The van der Waals surface area contributed by atoms with Crippen molar-refractivity contribution >= 4 is 17.4 Å². The number of nitrogens with two attached hydrogens (primary N) is 1. The summed E-state index contributed by atoms with van der Waals surface area (Å²) in [5, 5.41) is 12.8. The van der Waals surface area contributed by atoms with Crippen LogP contribution in [0.5, 0.6) is 5.75 Å². The van der Waals surface area contributed by atoms with Crippen molar-refractivity contribution in [2.24, 2.45) is 11.7 Å². The van der Waals surface area contributed by atoms with E-state index in [9.17, 15) is 4.79 Å². The maximum atomic E-state index is 11.2. The van der Waals surface area contributed by atoms with Gasteiger partial charge in [0, 0.05) is 25.4 Å². The molecule has 3 aromatic rings. The molecule has 4 rings (SSSR count). The predicted molar refractivity (Wildman–Crippen MR) is 98.7 cm³/mol. The largest absolute Gasteiger partial charge is 0.493 e. The van der Waals surface area contributed by atoms with Crippen LogP contribution < -0.4 is 15.4 Å². The number of primary amides is 1. The van der Waals surface area contributed by atoms with Crippen LogP contribution in [0.2, 0.25) is 0 Å². The molecule has 1 fully saturated rings. The van der Waals surface area contributed by atoms with Crippen molar-refractivity contribution in [1.29, 1.82) is 0 Å². The van der Waals surface area contributed by atoms with Gasteiger partial charge in [0.25, 0.3) is 5.91 Å². The van der Waals surface area contributed by atoms with E-state index in [-0.39, 0.29) is 5.69 Å². The normalized spacial score (nSPS) is 15.2. The zero-order chi connectivity index (χ0) is 18.8. The van der Waals surface area contributed by atoms with Gasteiger partial charge >= 0.3 is 0 Å². The Balaban J connectivity index is 1.34. The molecule has 9 heteroatoms. The summed E-state index contributed by atoms with van der Waals surface area (Å²) in [6, 6.07) is 7.25. The minimum Gasteiger partial charge on any atom is -0.493 e. The van der Waals surface area contributed by atoms with Crippen LogP contribution >= 0.6 is 0 Å². The average Bonchev–Trinajstić information content (AvgIpc) is 3.07. The number of aryl methyl sites for hydroxylation is 1. The fraction of sp³-hybridized carbons (Fsp3) is 0.389. The fourth-order valence-electron chi connectivity index (χ4n) is 3.23. The highest BCUT2D eigenvalue weighted by Gasteiger charge is 2.21. The van der Waals surface area contributed by atoms with Crippen LogP contribution in [0.25, 0.3) is 5.65 Å². The number of aromatic nitrogens is 5. The van der Waals surface area contributed by atoms with E-state index in [2.05, 4.69) is 25.2 Å². The Morgan fingerprint density at radius 2 is 2.07 bits per heavy atom. The molecule has 2 N–H and O–H groups in total. The molecule has 27 heavy (non-hydrogen) atoms. The number of carbonyl (C=O) groups excluding carboxylic acids is 1. The number of nitrogens with zero attached hydrogens (tertiary/aromatic N) is 6. The molecule has 0 aliphatic carbocycles. The molecule has 0 unspecified atom stereocenters. The second-order valence-electron chi connectivity index (χ2n) is 6.69. The third kappa shape index (κ3) is 3.67. The highest BCUT2D eigenvalue weighted by Crippen LogP contribution is 2.23. The molecule has 0 radical (unpaired) electrons. The molecule has 0 aromatic carbocycles. The molecule has 0 spiro atoms. The van der Waals surface area contributed by atoms with Crippen LogP contribution in [0.1, 0.15) is 29.2 Å². The lowest BCUT2D eigenvalue weighted by atomic mass is 9.98. The van der Waals surface area contributed by atoms with Gasteiger partial charge in [-0.15, -0.1) is 15.3 Å². The summed E-state index contributed by atoms with van der Waals surface area (Å²) in [6.45, 7) is 4.32. The molecule has 1 saturated heterocycles. The summed E-state index contributed by atoms with van der Waals surface area (Å²) >= 11 is 0. The van der Waals surface area contributed by atoms with Crippen LogP contribution in [0.4, 0.5) is 5.82 Å². The SMILES string of the molecule is Cc1nnc2ccc(N3CCC(COc4ccnc(C(N)=O)c4)CC3)nn12. The fourth-order valence-corrected chi connectivity index (χ4v) is 3.23. The van der Waals surface area contributed by atoms with Gasteiger partial charge in [-0.3, -0.25) is 9.78 Å². The monoisotopic (exact) mass is 367 g/mol. The van der Waals surface area contributed by atoms with Crippen LogP contribution in [0, 0.1) is 12.8 Å². The maximum absolute atomic E-state index is 11.2. The molecule has 4 heterocycles. The van der Waals surface area contributed by atoms with Crippen molar-refractivity contribution in [2.45, 2.75) is 19.8 Å². The lowest BCUT2D eigenvalue weighted by Crippen LogP contribution is -2.36. The van der Waals surface area contributed by atoms with Crippen LogP contribution in [-0.2, 0) is 0 Å². The number of anilines is 1. The van der Waals surface area contributed by atoms with Crippen LogP contribution in [0.15, 0.2) is 30.5 Å². The third-order valence-corrected chi connectivity index (χ3v) is 4.81. The van der Waals surface area contributed by atoms with Crippen LogP contribution in [0.3, 0.4) is 0 Å². The molecule has 1 aliphatic rings. The smallest absolute Gasteiger partial charge is 0.267 e. The second kappa shape index (κ2) is 7.18. The Morgan fingerprint density at radius 1 is 1.26 bits per heavy atom. The number of hydrogen-bond donors (Lipinski definition) is 1. The van der Waals surface area contributed by atoms with Gasteiger partial charge in [0.05, 0.1) is 6.61 Å². The number of fused-ring (bicyclic) bond motifs is 1. The minimum absolute atomic E-state index is 0.216. The maximum Gasteiger partial charge on any atom is 0.267 e. The first-order valence-corrected chi connectivity index (χ1v) is 8.93. The lowest BCUT2D eigenvalue weighted by molar-refractivity contribution is 0.0995. The van der Waals surface area contributed by atoms with Gasteiger partial charge in [-0.05, 0) is 43.9 Å².